The largest absolute Gasteiger partial charge is 0.481 e. The Bertz CT molecular complexity index is 1410. The first kappa shape index (κ1) is 32.9. The summed E-state index contributed by atoms with van der Waals surface area (Å²) in [6.07, 6.45) is 2.28. The second-order valence-electron chi connectivity index (χ2n) is 12.3. The van der Waals surface area contributed by atoms with Crippen LogP contribution in [-0.4, -0.2) is 66.5 Å². The van der Waals surface area contributed by atoms with Crippen molar-refractivity contribution in [1.29, 1.82) is 0 Å². The van der Waals surface area contributed by atoms with Crippen LogP contribution in [0, 0.1) is 25.7 Å². The van der Waals surface area contributed by atoms with Crippen molar-refractivity contribution >= 4 is 17.6 Å². The number of aromatic nitrogens is 2. The molecule has 0 saturated carbocycles. The van der Waals surface area contributed by atoms with E-state index in [0.717, 1.165) is 68.3 Å². The molecule has 7 N–H and O–H groups in total. The lowest BCUT2D eigenvalue weighted by Crippen LogP contribution is -2.33. The molecule has 236 valence electrons. The van der Waals surface area contributed by atoms with Gasteiger partial charge in [0.25, 0.3) is 5.91 Å². The Morgan fingerprint density at radius 3 is 2.16 bits per heavy atom. The number of aliphatic hydroxyl groups excluding tert-OH is 2. The highest BCUT2D eigenvalue weighted by atomic mass is 16.5. The van der Waals surface area contributed by atoms with Crippen molar-refractivity contribution in [3.05, 3.63) is 56.2 Å². The molecule has 2 aliphatic rings. The van der Waals surface area contributed by atoms with E-state index >= 15 is 0 Å². The van der Waals surface area contributed by atoms with Gasteiger partial charge in [0.2, 0.25) is 0 Å². The number of aliphatic carboxylic acids is 1. The molecule has 0 spiro atoms. The van der Waals surface area contributed by atoms with E-state index in [1.54, 1.807) is 0 Å². The van der Waals surface area contributed by atoms with Gasteiger partial charge in [0.15, 0.2) is 6.29 Å². The highest BCUT2D eigenvalue weighted by Crippen LogP contribution is 2.33. The first-order valence-electron chi connectivity index (χ1n) is 15.6. The highest BCUT2D eigenvalue weighted by Gasteiger charge is 2.38. The van der Waals surface area contributed by atoms with Crippen molar-refractivity contribution in [1.82, 2.24) is 15.3 Å². The Kier molecular flexibility index (Phi) is 10.5. The molecule has 1 saturated heterocycles. The highest BCUT2D eigenvalue weighted by molar-refractivity contribution is 6.19. The summed E-state index contributed by atoms with van der Waals surface area (Å²) in [6, 6.07) is 0.104. The lowest BCUT2D eigenvalue weighted by atomic mass is 9.86. The molecule has 0 aliphatic carbocycles. The van der Waals surface area contributed by atoms with Gasteiger partial charge in [0.05, 0.1) is 5.71 Å². The molecule has 2 aromatic heterocycles. The van der Waals surface area contributed by atoms with E-state index in [2.05, 4.69) is 34.1 Å². The number of rotatable bonds is 14. The number of aliphatic hydroxyl groups is 3. The molecule has 10 heteroatoms. The number of hydrogen-bond donors (Lipinski definition) is 7. The number of allylic oxidation sites excluding steroid dienone is 1. The molecule has 43 heavy (non-hydrogen) atoms. The molecular weight excluding hydrogens is 548 g/mol. The fraction of sp³-hybridized carbons (Fsp3) is 0.606. The van der Waals surface area contributed by atoms with E-state index in [9.17, 15) is 30.0 Å². The predicted octanol–water partition coefficient (Wildman–Crippen LogP) is 3.56. The summed E-state index contributed by atoms with van der Waals surface area (Å²) in [7, 11) is 0. The van der Waals surface area contributed by atoms with E-state index in [-0.39, 0.29) is 30.7 Å². The van der Waals surface area contributed by atoms with Gasteiger partial charge in [-0.3, -0.25) is 14.9 Å². The minimum atomic E-state index is -1.44. The molecule has 2 aromatic rings. The number of carboxylic acids is 1. The molecule has 4 rings (SSSR count). The smallest absolute Gasteiger partial charge is 0.303 e. The number of hydrogen-bond acceptors (Lipinski definition) is 6. The number of carboxylic acid groups (broad SMARTS) is 1. The molecule has 1 fully saturated rings. The van der Waals surface area contributed by atoms with Crippen LogP contribution in [0.2, 0.25) is 0 Å². The Hall–Kier alpha value is -3.05. The predicted molar refractivity (Wildman–Crippen MR) is 165 cm³/mol. The van der Waals surface area contributed by atoms with Crippen molar-refractivity contribution in [2.45, 2.75) is 118 Å². The van der Waals surface area contributed by atoms with E-state index < -0.39 is 18.5 Å². The number of aromatic amines is 2. The minimum Gasteiger partial charge on any atom is -0.481 e. The topological polar surface area (TPSA) is 171 Å². The second-order valence-corrected chi connectivity index (χ2v) is 12.3. The summed E-state index contributed by atoms with van der Waals surface area (Å²) in [5.74, 6) is -0.562. The molecule has 4 heterocycles. The van der Waals surface area contributed by atoms with Crippen molar-refractivity contribution in [3.8, 4) is 0 Å². The number of nitrogens with one attached hydrogen (secondary N) is 3. The summed E-state index contributed by atoms with van der Waals surface area (Å²) < 4.78 is 0. The van der Waals surface area contributed by atoms with E-state index in [4.69, 9.17) is 0 Å². The minimum absolute atomic E-state index is 0.0118. The molecule has 0 unspecified atom stereocenters. The lowest BCUT2D eigenvalue weighted by Gasteiger charge is -2.20. The van der Waals surface area contributed by atoms with Gasteiger partial charge in [0.1, 0.15) is 6.23 Å². The van der Waals surface area contributed by atoms with Gasteiger partial charge >= 0.3 is 5.97 Å². The van der Waals surface area contributed by atoms with Gasteiger partial charge in [-0.1, -0.05) is 27.2 Å². The van der Waals surface area contributed by atoms with Crippen LogP contribution < -0.4 is 5.32 Å². The Morgan fingerprint density at radius 1 is 0.953 bits per heavy atom. The Labute approximate surface area is 253 Å². The number of aliphatic imine (C=N–C) groups is 1. The zero-order chi connectivity index (χ0) is 31.6. The van der Waals surface area contributed by atoms with Crippen LogP contribution in [0.15, 0.2) is 16.1 Å². The van der Waals surface area contributed by atoms with Crippen LogP contribution in [0.5, 0.6) is 0 Å². The third-order valence-corrected chi connectivity index (χ3v) is 9.79. The molecule has 0 radical (unpaired) electrons. The number of amides is 1. The van der Waals surface area contributed by atoms with Crippen molar-refractivity contribution in [2.75, 3.05) is 0 Å². The van der Waals surface area contributed by atoms with Crippen LogP contribution >= 0.6 is 0 Å². The summed E-state index contributed by atoms with van der Waals surface area (Å²) in [5.41, 5.74) is 10.3. The average molecular weight is 597 g/mol. The second kappa shape index (κ2) is 13.7. The SMILES string of the molecule is CCC1=C(C)C(Cc2[nH]c(Cc3[nH]c(C[C@H]4N[C@H](O)[C@H](C)[C@H]4CC)c(C)c3CCC(=O)O)c(CCC(O)O)c2C)=NC1=O. The van der Waals surface area contributed by atoms with Crippen LogP contribution in [0.3, 0.4) is 0 Å². The van der Waals surface area contributed by atoms with Crippen molar-refractivity contribution in [2.24, 2.45) is 16.8 Å². The van der Waals surface area contributed by atoms with E-state index in [1.165, 1.54) is 0 Å². The van der Waals surface area contributed by atoms with E-state index in [1.807, 2.05) is 27.7 Å². The summed E-state index contributed by atoms with van der Waals surface area (Å²) >= 11 is 0. The normalized spacial score (nSPS) is 22.4. The van der Waals surface area contributed by atoms with Crippen LogP contribution in [0.1, 0.15) is 98.4 Å². The average Bonchev–Trinajstić information content (AvgIpc) is 3.59. The molecule has 2 aliphatic heterocycles. The zero-order valence-corrected chi connectivity index (χ0v) is 26.3. The number of H-pyrrole nitrogens is 2. The molecule has 4 atom stereocenters. The van der Waals surface area contributed by atoms with Crippen LogP contribution in [0.25, 0.3) is 0 Å². The van der Waals surface area contributed by atoms with Gasteiger partial charge in [-0.05, 0) is 79.7 Å². The van der Waals surface area contributed by atoms with Gasteiger partial charge in [-0.25, -0.2) is 4.99 Å². The fourth-order valence-electron chi connectivity index (χ4n) is 7.11. The summed E-state index contributed by atoms with van der Waals surface area (Å²) in [5, 5.41) is 42.6. The van der Waals surface area contributed by atoms with Gasteiger partial charge in [0, 0.05) is 66.5 Å². The van der Waals surface area contributed by atoms with Crippen LogP contribution in [-0.2, 0) is 41.7 Å². The number of nitrogens with zero attached hydrogens (tertiary/aromatic N) is 1. The molecule has 10 nitrogen and oxygen atoms in total. The quantitative estimate of drug-likeness (QED) is 0.163. The van der Waals surface area contributed by atoms with E-state index in [0.29, 0.717) is 44.4 Å². The monoisotopic (exact) mass is 596 g/mol. The van der Waals surface area contributed by atoms with Gasteiger partial charge in [-0.2, -0.15) is 0 Å². The fourth-order valence-corrected chi connectivity index (χ4v) is 7.11. The standard InChI is InChI=1S/C33H48N4O6/c1-7-20-19(6)32(42)37-27(20)14-25-18(5)23(10-12-31(40)41)29(35-25)15-28-22(9-11-30(38)39)17(4)24(34-28)13-26-16(3)21(8-2)33(43)36-26/h19-20,27,30,32,34-35,37-39,42H,7-15H2,1-6H3,(H,40,41)/t19-,20-,27-,32-/m1/s1. The third-order valence-electron chi connectivity index (χ3n) is 9.79. The first-order chi connectivity index (χ1) is 20.4. The van der Waals surface area contributed by atoms with Crippen LogP contribution in [0.4, 0.5) is 0 Å². The Balaban J connectivity index is 1.70. The third kappa shape index (κ3) is 7.03. The molecule has 0 bridgehead atoms. The summed E-state index contributed by atoms with van der Waals surface area (Å²) in [4.78, 5) is 35.5. The lowest BCUT2D eigenvalue weighted by molar-refractivity contribution is -0.137. The summed E-state index contributed by atoms with van der Waals surface area (Å²) in [6.45, 7) is 12.1. The maximum Gasteiger partial charge on any atom is 0.303 e. The number of carbonyl (C=O) groups excluding carboxylic acids is 1. The maximum atomic E-state index is 12.4. The van der Waals surface area contributed by atoms with Gasteiger partial charge in [-0.15, -0.1) is 0 Å². The van der Waals surface area contributed by atoms with Crippen molar-refractivity contribution in [3.63, 3.8) is 0 Å². The Morgan fingerprint density at radius 2 is 1.58 bits per heavy atom. The molecule has 1 amide bonds. The zero-order valence-electron chi connectivity index (χ0n) is 26.3. The first-order valence-corrected chi connectivity index (χ1v) is 15.6. The van der Waals surface area contributed by atoms with Gasteiger partial charge < -0.3 is 30.4 Å². The molecular formula is C33H48N4O6. The molecule has 0 aromatic carbocycles. The van der Waals surface area contributed by atoms with Crippen molar-refractivity contribution < 1.29 is 30.0 Å². The maximum absolute atomic E-state index is 12.4. The number of carbonyl (C=O) groups is 2.